The normalized spacial score (nSPS) is 14.6. The highest BCUT2D eigenvalue weighted by molar-refractivity contribution is 6.30. The standard InChI is InChI=1S/C23H18ClN5O2.ClH/c1-14-4-6-15(7-5-14)18-13-19(16-8-10-17(24)11-9-16)29-23(25-18)27-22(28-29)26-21(30)20-3-2-12-31-20;/h2-13,19H,1H3,(H2,25,26,27,28,30);1H. The van der Waals surface area contributed by atoms with Gasteiger partial charge in [-0.2, -0.15) is 4.98 Å². The van der Waals surface area contributed by atoms with Gasteiger partial charge in [0, 0.05) is 10.7 Å². The summed E-state index contributed by atoms with van der Waals surface area (Å²) < 4.78 is 6.88. The number of carbonyl (C=O) groups is 1. The summed E-state index contributed by atoms with van der Waals surface area (Å²) in [5, 5.41) is 11.2. The summed E-state index contributed by atoms with van der Waals surface area (Å²) in [6.45, 7) is 2.05. The number of fused-ring (bicyclic) bond motifs is 1. The molecule has 1 atom stereocenters. The summed E-state index contributed by atoms with van der Waals surface area (Å²) in [6.07, 6.45) is 3.52. The largest absolute Gasteiger partial charge is 0.459 e. The number of benzene rings is 2. The Kier molecular flexibility index (Phi) is 6.03. The number of rotatable bonds is 4. The lowest BCUT2D eigenvalue weighted by molar-refractivity contribution is 0.0996. The minimum atomic E-state index is -0.414. The average Bonchev–Trinajstić information content (AvgIpc) is 3.44. The number of furan rings is 1. The molecule has 0 saturated heterocycles. The van der Waals surface area contributed by atoms with Crippen LogP contribution < -0.4 is 10.6 Å². The van der Waals surface area contributed by atoms with Crippen LogP contribution in [-0.4, -0.2) is 20.7 Å². The summed E-state index contributed by atoms with van der Waals surface area (Å²) in [5.74, 6) is 0.477. The zero-order chi connectivity index (χ0) is 21.4. The van der Waals surface area contributed by atoms with E-state index in [4.69, 9.17) is 16.0 Å². The highest BCUT2D eigenvalue weighted by atomic mass is 35.5. The van der Waals surface area contributed by atoms with Crippen LogP contribution in [0.15, 0.2) is 77.4 Å². The van der Waals surface area contributed by atoms with Crippen LogP contribution in [0.25, 0.3) is 5.70 Å². The maximum atomic E-state index is 12.4. The molecular weight excluding hydrogens is 449 g/mol. The quantitative estimate of drug-likeness (QED) is 0.410. The van der Waals surface area contributed by atoms with Crippen molar-refractivity contribution in [3.8, 4) is 0 Å². The van der Waals surface area contributed by atoms with Crippen LogP contribution in [0.5, 0.6) is 0 Å². The van der Waals surface area contributed by atoms with Gasteiger partial charge in [-0.05, 0) is 48.4 Å². The number of carbonyl (C=O) groups excluding carboxylic acids is 1. The van der Waals surface area contributed by atoms with Crippen LogP contribution in [0.2, 0.25) is 5.02 Å². The van der Waals surface area contributed by atoms with Gasteiger partial charge in [0.15, 0.2) is 5.76 Å². The zero-order valence-electron chi connectivity index (χ0n) is 16.9. The number of aryl methyl sites for hydroxylation is 1. The van der Waals surface area contributed by atoms with Crippen LogP contribution in [-0.2, 0) is 0 Å². The molecule has 1 unspecified atom stereocenters. The van der Waals surface area contributed by atoms with E-state index in [1.807, 2.05) is 31.2 Å². The third-order valence-electron chi connectivity index (χ3n) is 5.01. The van der Waals surface area contributed by atoms with Crippen molar-refractivity contribution < 1.29 is 9.21 Å². The molecule has 4 aromatic rings. The number of allylic oxidation sites excluding steroid dienone is 1. The van der Waals surface area contributed by atoms with E-state index in [9.17, 15) is 4.79 Å². The van der Waals surface area contributed by atoms with E-state index in [1.165, 1.54) is 11.8 Å². The molecule has 0 saturated carbocycles. The molecular formula is C23H19Cl2N5O2. The molecule has 0 radical (unpaired) electrons. The summed E-state index contributed by atoms with van der Waals surface area (Å²) in [7, 11) is 0. The van der Waals surface area contributed by atoms with Crippen molar-refractivity contribution in [3.63, 3.8) is 0 Å². The molecule has 0 fully saturated rings. The number of hydrogen-bond donors (Lipinski definition) is 2. The van der Waals surface area contributed by atoms with Crippen LogP contribution in [0.4, 0.5) is 11.9 Å². The zero-order valence-corrected chi connectivity index (χ0v) is 18.5. The Morgan fingerprint density at radius 3 is 2.56 bits per heavy atom. The second-order valence-electron chi connectivity index (χ2n) is 7.20. The molecule has 2 N–H and O–H groups in total. The Labute approximate surface area is 195 Å². The lowest BCUT2D eigenvalue weighted by Gasteiger charge is -2.24. The van der Waals surface area contributed by atoms with E-state index < -0.39 is 5.91 Å². The maximum absolute atomic E-state index is 12.4. The monoisotopic (exact) mass is 467 g/mol. The molecule has 162 valence electrons. The number of nitrogens with one attached hydrogen (secondary N) is 2. The molecule has 1 aliphatic heterocycles. The highest BCUT2D eigenvalue weighted by Crippen LogP contribution is 2.33. The second kappa shape index (κ2) is 8.90. The fraction of sp³-hybridized carbons (Fsp3) is 0.0870. The van der Waals surface area contributed by atoms with Crippen LogP contribution in [0, 0.1) is 6.92 Å². The van der Waals surface area contributed by atoms with Gasteiger partial charge in [-0.1, -0.05) is 53.6 Å². The number of anilines is 2. The van der Waals surface area contributed by atoms with Crippen LogP contribution in [0.3, 0.4) is 0 Å². The Morgan fingerprint density at radius 1 is 1.12 bits per heavy atom. The second-order valence-corrected chi connectivity index (χ2v) is 7.64. The number of amides is 1. The van der Waals surface area contributed by atoms with Crippen molar-refractivity contribution in [1.29, 1.82) is 0 Å². The molecule has 1 amide bonds. The Morgan fingerprint density at radius 2 is 1.88 bits per heavy atom. The molecule has 5 rings (SSSR count). The van der Waals surface area contributed by atoms with Gasteiger partial charge in [0.2, 0.25) is 5.95 Å². The van der Waals surface area contributed by atoms with Crippen LogP contribution >= 0.6 is 24.0 Å². The van der Waals surface area contributed by atoms with Gasteiger partial charge in [-0.15, -0.1) is 17.5 Å². The van der Waals surface area contributed by atoms with Gasteiger partial charge < -0.3 is 9.73 Å². The minimum absolute atomic E-state index is 0. The van der Waals surface area contributed by atoms with E-state index in [0.29, 0.717) is 11.0 Å². The maximum Gasteiger partial charge on any atom is 0.293 e. The van der Waals surface area contributed by atoms with E-state index in [2.05, 4.69) is 51.1 Å². The predicted molar refractivity (Wildman–Crippen MR) is 126 cm³/mol. The van der Waals surface area contributed by atoms with E-state index in [0.717, 1.165) is 16.8 Å². The first-order chi connectivity index (χ1) is 15.1. The fourth-order valence-electron chi connectivity index (χ4n) is 3.42. The Balaban J connectivity index is 0.00000245. The summed E-state index contributed by atoms with van der Waals surface area (Å²) >= 11 is 6.08. The average molecular weight is 468 g/mol. The Bertz CT molecular complexity index is 1260. The van der Waals surface area contributed by atoms with E-state index in [1.54, 1.807) is 16.8 Å². The molecule has 2 aromatic heterocycles. The topological polar surface area (TPSA) is 85.0 Å². The van der Waals surface area contributed by atoms with Crippen molar-refractivity contribution in [1.82, 2.24) is 14.8 Å². The molecule has 0 bridgehead atoms. The fourth-order valence-corrected chi connectivity index (χ4v) is 3.54. The van der Waals surface area contributed by atoms with E-state index >= 15 is 0 Å². The minimum Gasteiger partial charge on any atom is -0.459 e. The van der Waals surface area contributed by atoms with Crippen molar-refractivity contribution in [2.45, 2.75) is 13.0 Å². The summed E-state index contributed by atoms with van der Waals surface area (Å²) in [5.41, 5.74) is 4.11. The van der Waals surface area contributed by atoms with Crippen molar-refractivity contribution in [2.75, 3.05) is 10.6 Å². The number of aromatic nitrogens is 3. The molecule has 32 heavy (non-hydrogen) atoms. The van der Waals surface area contributed by atoms with Gasteiger partial charge in [-0.3, -0.25) is 10.1 Å². The Hall–Kier alpha value is -3.55. The van der Waals surface area contributed by atoms with Crippen molar-refractivity contribution >= 4 is 47.5 Å². The number of nitrogens with zero attached hydrogens (tertiary/aromatic N) is 3. The van der Waals surface area contributed by atoms with Gasteiger partial charge >= 0.3 is 0 Å². The lowest BCUT2D eigenvalue weighted by Crippen LogP contribution is -2.20. The molecule has 9 heteroatoms. The lowest BCUT2D eigenvalue weighted by atomic mass is 10.0. The van der Waals surface area contributed by atoms with Gasteiger partial charge in [0.1, 0.15) is 6.04 Å². The van der Waals surface area contributed by atoms with Gasteiger partial charge in [0.05, 0.1) is 6.26 Å². The van der Waals surface area contributed by atoms with E-state index in [-0.39, 0.29) is 30.2 Å². The molecule has 0 aliphatic carbocycles. The molecule has 3 heterocycles. The van der Waals surface area contributed by atoms with Gasteiger partial charge in [-0.25, -0.2) is 4.68 Å². The highest BCUT2D eigenvalue weighted by Gasteiger charge is 2.26. The summed E-state index contributed by atoms with van der Waals surface area (Å²) in [6, 6.07) is 18.8. The smallest absolute Gasteiger partial charge is 0.293 e. The summed E-state index contributed by atoms with van der Waals surface area (Å²) in [4.78, 5) is 16.8. The van der Waals surface area contributed by atoms with Crippen molar-refractivity contribution in [3.05, 3.63) is 100 Å². The van der Waals surface area contributed by atoms with Gasteiger partial charge in [0.25, 0.3) is 11.9 Å². The predicted octanol–water partition coefficient (Wildman–Crippen LogP) is 5.56. The molecule has 2 aromatic carbocycles. The number of hydrogen-bond acceptors (Lipinski definition) is 5. The third kappa shape index (κ3) is 4.26. The molecule has 0 spiro atoms. The molecule has 7 nitrogen and oxygen atoms in total. The number of halogens is 2. The first kappa shape index (κ1) is 21.7. The SMILES string of the molecule is Cc1ccc(C2=CC(c3ccc(Cl)cc3)n3nc(NC(=O)c4ccco4)nc3N2)cc1.Cl. The molecule has 1 aliphatic rings. The first-order valence-electron chi connectivity index (χ1n) is 9.69. The van der Waals surface area contributed by atoms with Crippen molar-refractivity contribution in [2.24, 2.45) is 0 Å². The first-order valence-corrected chi connectivity index (χ1v) is 10.1. The van der Waals surface area contributed by atoms with Crippen LogP contribution in [0.1, 0.15) is 33.3 Å². The third-order valence-corrected chi connectivity index (χ3v) is 5.26.